The molecule has 0 saturated heterocycles. The molecule has 1 amide bonds. The zero-order chi connectivity index (χ0) is 10.6. The fraction of sp³-hybridized carbons (Fsp3) is 0.900. The highest BCUT2D eigenvalue weighted by atomic mass is 16.5. The van der Waals surface area contributed by atoms with Crippen LogP contribution in [0.5, 0.6) is 0 Å². The van der Waals surface area contributed by atoms with E-state index in [4.69, 9.17) is 16.2 Å². The van der Waals surface area contributed by atoms with Gasteiger partial charge in [-0.25, -0.2) is 0 Å². The van der Waals surface area contributed by atoms with Crippen LogP contribution in [0.3, 0.4) is 0 Å². The van der Waals surface area contributed by atoms with Crippen LogP contribution in [0.2, 0.25) is 0 Å². The van der Waals surface area contributed by atoms with Gasteiger partial charge in [0.25, 0.3) is 0 Å². The first-order valence-corrected chi connectivity index (χ1v) is 5.21. The monoisotopic (exact) mass is 200 g/mol. The van der Waals surface area contributed by atoms with Gasteiger partial charge < -0.3 is 16.2 Å². The zero-order valence-corrected chi connectivity index (χ0v) is 8.74. The summed E-state index contributed by atoms with van der Waals surface area (Å²) >= 11 is 0. The maximum atomic E-state index is 10.9. The van der Waals surface area contributed by atoms with Crippen molar-refractivity contribution in [2.75, 3.05) is 7.11 Å². The average molecular weight is 200 g/mol. The highest BCUT2D eigenvalue weighted by Crippen LogP contribution is 2.27. The molecule has 82 valence electrons. The van der Waals surface area contributed by atoms with E-state index >= 15 is 0 Å². The predicted octanol–water partition coefficient (Wildman–Crippen LogP) is 0.394. The molecule has 0 aromatic rings. The lowest BCUT2D eigenvalue weighted by atomic mass is 9.83. The summed E-state index contributed by atoms with van der Waals surface area (Å²) < 4.78 is 5.04. The first-order valence-electron chi connectivity index (χ1n) is 5.21. The summed E-state index contributed by atoms with van der Waals surface area (Å²) in [7, 11) is 1.53. The first-order chi connectivity index (χ1) is 6.63. The van der Waals surface area contributed by atoms with Crippen LogP contribution in [-0.2, 0) is 9.53 Å². The average Bonchev–Trinajstić information content (AvgIpc) is 2.16. The Balaban J connectivity index is 2.32. The molecule has 0 spiro atoms. The summed E-state index contributed by atoms with van der Waals surface area (Å²) in [5.74, 6) is 0.189. The number of primary amides is 1. The first kappa shape index (κ1) is 11.5. The quantitative estimate of drug-likeness (QED) is 0.689. The van der Waals surface area contributed by atoms with Crippen LogP contribution in [0.1, 0.15) is 32.1 Å². The number of methoxy groups -OCH3 is 1. The number of hydrogen-bond acceptors (Lipinski definition) is 3. The molecule has 0 heterocycles. The molecule has 1 aliphatic carbocycles. The molecular formula is C10H20N2O2. The third kappa shape index (κ3) is 3.27. The summed E-state index contributed by atoms with van der Waals surface area (Å²) in [5.41, 5.74) is 11.0. The van der Waals surface area contributed by atoms with Gasteiger partial charge in [0.05, 0.1) is 0 Å². The molecule has 1 fully saturated rings. The molecule has 0 aromatic heterocycles. The summed E-state index contributed by atoms with van der Waals surface area (Å²) in [6, 6.07) is 0.348. The van der Waals surface area contributed by atoms with Crippen LogP contribution >= 0.6 is 0 Å². The normalized spacial score (nSPS) is 29.9. The molecule has 0 bridgehead atoms. The van der Waals surface area contributed by atoms with Crippen LogP contribution in [0, 0.1) is 5.92 Å². The largest absolute Gasteiger partial charge is 0.372 e. The van der Waals surface area contributed by atoms with E-state index in [1.54, 1.807) is 0 Å². The van der Waals surface area contributed by atoms with Gasteiger partial charge in [0.15, 0.2) is 0 Å². The maximum absolute atomic E-state index is 10.9. The van der Waals surface area contributed by atoms with Gasteiger partial charge in [-0.05, 0) is 38.0 Å². The van der Waals surface area contributed by atoms with Gasteiger partial charge >= 0.3 is 0 Å². The van der Waals surface area contributed by atoms with Crippen LogP contribution in [0.25, 0.3) is 0 Å². The molecule has 1 rings (SSSR count). The molecule has 4 heteroatoms. The van der Waals surface area contributed by atoms with Crippen molar-refractivity contribution in [3.8, 4) is 0 Å². The minimum atomic E-state index is -0.422. The van der Waals surface area contributed by atoms with E-state index in [0.717, 1.165) is 32.1 Å². The Morgan fingerprint density at radius 3 is 2.43 bits per heavy atom. The summed E-state index contributed by atoms with van der Waals surface area (Å²) in [4.78, 5) is 10.9. The highest BCUT2D eigenvalue weighted by Gasteiger charge is 2.24. The van der Waals surface area contributed by atoms with Gasteiger partial charge in [0.1, 0.15) is 6.10 Å². The third-order valence-corrected chi connectivity index (χ3v) is 3.04. The minimum Gasteiger partial charge on any atom is -0.372 e. The second-order valence-electron chi connectivity index (χ2n) is 4.14. The lowest BCUT2D eigenvalue weighted by Crippen LogP contribution is -2.34. The number of nitrogens with two attached hydrogens (primary N) is 2. The van der Waals surface area contributed by atoms with E-state index in [1.165, 1.54) is 7.11 Å². The van der Waals surface area contributed by atoms with Crippen molar-refractivity contribution in [3.63, 3.8) is 0 Å². The Hall–Kier alpha value is -0.610. The Morgan fingerprint density at radius 2 is 2.00 bits per heavy atom. The number of carbonyl (C=O) groups is 1. The molecule has 1 unspecified atom stereocenters. The van der Waals surface area contributed by atoms with Crippen molar-refractivity contribution in [2.24, 2.45) is 17.4 Å². The second-order valence-corrected chi connectivity index (χ2v) is 4.14. The van der Waals surface area contributed by atoms with E-state index in [9.17, 15) is 4.79 Å². The van der Waals surface area contributed by atoms with Crippen molar-refractivity contribution in [2.45, 2.75) is 44.2 Å². The van der Waals surface area contributed by atoms with Gasteiger partial charge in [-0.3, -0.25) is 4.79 Å². The van der Waals surface area contributed by atoms with Crippen LogP contribution in [0.15, 0.2) is 0 Å². The number of hydrogen-bond donors (Lipinski definition) is 2. The molecule has 1 saturated carbocycles. The second kappa shape index (κ2) is 5.32. The standard InChI is InChI=1S/C10H20N2O2/c1-14-9(10(12)13)6-7-2-4-8(11)5-3-7/h7-9H,2-6,11H2,1H3,(H2,12,13)/t7-,8-,9?. The summed E-state index contributed by atoms with van der Waals surface area (Å²) in [6.45, 7) is 0. The number of rotatable bonds is 4. The van der Waals surface area contributed by atoms with Gasteiger partial charge in [0, 0.05) is 13.2 Å². The zero-order valence-electron chi connectivity index (χ0n) is 8.74. The summed E-state index contributed by atoms with van der Waals surface area (Å²) in [6.07, 6.45) is 4.62. The molecule has 4 N–H and O–H groups in total. The van der Waals surface area contributed by atoms with Gasteiger partial charge in [-0.1, -0.05) is 0 Å². The molecule has 1 aliphatic rings. The Kier molecular flexibility index (Phi) is 4.35. The topological polar surface area (TPSA) is 78.3 Å². The fourth-order valence-electron chi connectivity index (χ4n) is 2.06. The van der Waals surface area contributed by atoms with E-state index in [0.29, 0.717) is 12.0 Å². The Labute approximate surface area is 85.0 Å². The molecule has 14 heavy (non-hydrogen) atoms. The van der Waals surface area contributed by atoms with Crippen molar-refractivity contribution in [1.82, 2.24) is 0 Å². The summed E-state index contributed by atoms with van der Waals surface area (Å²) in [5, 5.41) is 0. The molecule has 1 atom stereocenters. The minimum absolute atomic E-state index is 0.348. The third-order valence-electron chi connectivity index (χ3n) is 3.04. The molecular weight excluding hydrogens is 180 g/mol. The van der Waals surface area contributed by atoms with Gasteiger partial charge in [-0.15, -0.1) is 0 Å². The van der Waals surface area contributed by atoms with Crippen molar-refractivity contribution in [3.05, 3.63) is 0 Å². The number of ether oxygens (including phenoxy) is 1. The SMILES string of the molecule is COC(C[C@H]1CC[C@H](N)CC1)C(N)=O. The van der Waals surface area contributed by atoms with E-state index in [-0.39, 0.29) is 5.91 Å². The lowest BCUT2D eigenvalue weighted by Gasteiger charge is -2.27. The van der Waals surface area contributed by atoms with Crippen molar-refractivity contribution < 1.29 is 9.53 Å². The smallest absolute Gasteiger partial charge is 0.246 e. The maximum Gasteiger partial charge on any atom is 0.246 e. The van der Waals surface area contributed by atoms with E-state index < -0.39 is 6.10 Å². The van der Waals surface area contributed by atoms with Gasteiger partial charge in [0.2, 0.25) is 5.91 Å². The van der Waals surface area contributed by atoms with Gasteiger partial charge in [-0.2, -0.15) is 0 Å². The highest BCUT2D eigenvalue weighted by molar-refractivity contribution is 5.78. The van der Waals surface area contributed by atoms with Crippen molar-refractivity contribution in [1.29, 1.82) is 0 Å². The Morgan fingerprint density at radius 1 is 1.43 bits per heavy atom. The van der Waals surface area contributed by atoms with E-state index in [1.807, 2.05) is 0 Å². The fourth-order valence-corrected chi connectivity index (χ4v) is 2.06. The molecule has 4 nitrogen and oxygen atoms in total. The molecule has 0 radical (unpaired) electrons. The predicted molar refractivity (Wildman–Crippen MR) is 54.5 cm³/mol. The van der Waals surface area contributed by atoms with Crippen molar-refractivity contribution >= 4 is 5.91 Å². The Bertz CT molecular complexity index is 189. The van der Waals surface area contributed by atoms with E-state index in [2.05, 4.69) is 0 Å². The van der Waals surface area contributed by atoms with Crippen LogP contribution < -0.4 is 11.5 Å². The van der Waals surface area contributed by atoms with Crippen LogP contribution in [-0.4, -0.2) is 25.2 Å². The molecule has 0 aromatic carbocycles. The number of carbonyl (C=O) groups excluding carboxylic acids is 1. The van der Waals surface area contributed by atoms with Crippen LogP contribution in [0.4, 0.5) is 0 Å². The lowest BCUT2D eigenvalue weighted by molar-refractivity contribution is -0.128. The molecule has 0 aliphatic heterocycles. The number of amides is 1.